The lowest BCUT2D eigenvalue weighted by Crippen LogP contribution is -2.46. The van der Waals surface area contributed by atoms with Crippen LogP contribution in [0.5, 0.6) is 5.75 Å². The molecule has 0 aliphatic heterocycles. The Kier molecular flexibility index (Phi) is 6.30. The van der Waals surface area contributed by atoms with Gasteiger partial charge in [-0.15, -0.1) is 0 Å². The van der Waals surface area contributed by atoms with E-state index < -0.39 is 42.4 Å². The van der Waals surface area contributed by atoms with Crippen molar-refractivity contribution in [2.75, 3.05) is 6.61 Å². The Balaban J connectivity index is 2.59. The number of carbonyl (C=O) groups is 3. The summed E-state index contributed by atoms with van der Waals surface area (Å²) in [6.07, 6.45) is -1.20. The fourth-order valence-electron chi connectivity index (χ4n) is 1.56. The van der Waals surface area contributed by atoms with Crippen molar-refractivity contribution >= 4 is 17.9 Å². The predicted molar refractivity (Wildman–Crippen MR) is 74.3 cm³/mol. The minimum Gasteiger partial charge on any atom is -0.479 e. The number of urea groups is 1. The second-order valence-electron chi connectivity index (χ2n) is 4.73. The van der Waals surface area contributed by atoms with Gasteiger partial charge in [-0.1, -0.05) is 26.0 Å². The van der Waals surface area contributed by atoms with Crippen LogP contribution in [0, 0.1) is 11.7 Å². The lowest BCUT2D eigenvalue weighted by atomic mass is 10.1. The van der Waals surface area contributed by atoms with Gasteiger partial charge in [0.15, 0.2) is 24.3 Å². The molecule has 3 amide bonds. The summed E-state index contributed by atoms with van der Waals surface area (Å²) in [4.78, 5) is 34.0. The van der Waals surface area contributed by atoms with Crippen molar-refractivity contribution in [1.82, 2.24) is 5.32 Å². The fraction of sp³-hybridized carbons (Fsp3) is 0.357. The van der Waals surface area contributed by atoms with Gasteiger partial charge < -0.3 is 15.2 Å². The van der Waals surface area contributed by atoms with Crippen LogP contribution in [0.25, 0.3) is 0 Å². The maximum absolute atomic E-state index is 13.3. The summed E-state index contributed by atoms with van der Waals surface area (Å²) in [5.41, 5.74) is 4.84. The zero-order valence-corrected chi connectivity index (χ0v) is 12.2. The van der Waals surface area contributed by atoms with Crippen LogP contribution in [-0.4, -0.2) is 30.6 Å². The van der Waals surface area contributed by atoms with E-state index in [9.17, 15) is 18.8 Å². The van der Waals surface area contributed by atoms with E-state index in [1.54, 1.807) is 19.9 Å². The van der Waals surface area contributed by atoms with Gasteiger partial charge in [-0.2, -0.15) is 0 Å². The number of carbonyl (C=O) groups excluding carboxylic acids is 3. The molecule has 0 saturated heterocycles. The number of halogens is 1. The molecule has 1 rings (SSSR count). The monoisotopic (exact) mass is 312 g/mol. The van der Waals surface area contributed by atoms with E-state index in [1.807, 2.05) is 5.32 Å². The molecule has 0 aliphatic rings. The number of amides is 3. The molecular formula is C14H17FN2O5. The Labute approximate surface area is 126 Å². The molecule has 22 heavy (non-hydrogen) atoms. The first-order valence-electron chi connectivity index (χ1n) is 6.48. The van der Waals surface area contributed by atoms with Crippen molar-refractivity contribution in [2.24, 2.45) is 11.7 Å². The van der Waals surface area contributed by atoms with Crippen LogP contribution in [0.2, 0.25) is 0 Å². The lowest BCUT2D eigenvalue weighted by Gasteiger charge is -2.19. The van der Waals surface area contributed by atoms with Gasteiger partial charge in [-0.25, -0.2) is 14.0 Å². The lowest BCUT2D eigenvalue weighted by molar-refractivity contribution is -0.160. The first-order valence-corrected chi connectivity index (χ1v) is 6.48. The zero-order valence-electron chi connectivity index (χ0n) is 12.2. The van der Waals surface area contributed by atoms with Crippen molar-refractivity contribution < 1.29 is 28.2 Å². The average Bonchev–Trinajstić information content (AvgIpc) is 2.42. The molecular weight excluding hydrogens is 295 g/mol. The molecule has 0 aromatic heterocycles. The third-order valence-electron chi connectivity index (χ3n) is 2.55. The van der Waals surface area contributed by atoms with Crippen molar-refractivity contribution in [3.8, 4) is 5.75 Å². The fourth-order valence-corrected chi connectivity index (χ4v) is 1.56. The van der Waals surface area contributed by atoms with Crippen molar-refractivity contribution in [1.29, 1.82) is 0 Å². The minimum atomic E-state index is -1.20. The zero-order chi connectivity index (χ0) is 16.7. The number of esters is 1. The van der Waals surface area contributed by atoms with Gasteiger partial charge in [0.2, 0.25) is 0 Å². The Morgan fingerprint density at radius 3 is 2.45 bits per heavy atom. The van der Waals surface area contributed by atoms with Gasteiger partial charge in [0.05, 0.1) is 0 Å². The van der Waals surface area contributed by atoms with Crippen LogP contribution in [0.3, 0.4) is 0 Å². The van der Waals surface area contributed by atoms with Crippen LogP contribution in [-0.2, 0) is 14.3 Å². The third-order valence-corrected chi connectivity index (χ3v) is 2.55. The third kappa shape index (κ3) is 5.39. The first kappa shape index (κ1) is 17.4. The van der Waals surface area contributed by atoms with Crippen molar-refractivity contribution in [3.63, 3.8) is 0 Å². The van der Waals surface area contributed by atoms with E-state index in [1.165, 1.54) is 18.2 Å². The highest BCUT2D eigenvalue weighted by atomic mass is 19.1. The highest BCUT2D eigenvalue weighted by Gasteiger charge is 2.27. The van der Waals surface area contributed by atoms with E-state index >= 15 is 0 Å². The van der Waals surface area contributed by atoms with E-state index in [-0.39, 0.29) is 5.75 Å². The summed E-state index contributed by atoms with van der Waals surface area (Å²) in [7, 11) is 0. The number of hydrogen-bond acceptors (Lipinski definition) is 5. The molecule has 0 fully saturated rings. The van der Waals surface area contributed by atoms with Crippen LogP contribution >= 0.6 is 0 Å². The van der Waals surface area contributed by atoms with Crippen molar-refractivity contribution in [3.05, 3.63) is 30.1 Å². The normalized spacial score (nSPS) is 11.6. The molecule has 120 valence electrons. The molecule has 1 atom stereocenters. The largest absolute Gasteiger partial charge is 0.479 e. The smallest absolute Gasteiger partial charge is 0.344 e. The molecule has 8 heteroatoms. The molecule has 7 nitrogen and oxygen atoms in total. The number of benzene rings is 1. The average molecular weight is 312 g/mol. The number of nitrogens with one attached hydrogen (secondary N) is 1. The van der Waals surface area contributed by atoms with Gasteiger partial charge in [0.25, 0.3) is 5.91 Å². The molecule has 3 N–H and O–H groups in total. The Hall–Kier alpha value is -2.64. The summed E-state index contributed by atoms with van der Waals surface area (Å²) < 4.78 is 23.2. The van der Waals surface area contributed by atoms with Crippen LogP contribution < -0.4 is 15.8 Å². The topological polar surface area (TPSA) is 108 Å². The molecule has 0 unspecified atom stereocenters. The Morgan fingerprint density at radius 1 is 1.27 bits per heavy atom. The van der Waals surface area contributed by atoms with Crippen molar-refractivity contribution in [2.45, 2.75) is 20.0 Å². The minimum absolute atomic E-state index is 0.109. The van der Waals surface area contributed by atoms with Gasteiger partial charge in [0, 0.05) is 0 Å². The predicted octanol–water partition coefficient (Wildman–Crippen LogP) is 0.967. The number of nitrogens with two attached hydrogens (primary N) is 1. The molecule has 0 radical (unpaired) electrons. The second kappa shape index (κ2) is 7.96. The number of rotatable bonds is 6. The highest BCUT2D eigenvalue weighted by molar-refractivity contribution is 5.96. The summed E-state index contributed by atoms with van der Waals surface area (Å²) in [5.74, 6) is -2.83. The van der Waals surface area contributed by atoms with Gasteiger partial charge in [-0.05, 0) is 18.1 Å². The standard InChI is InChI=1S/C14H17FN2O5/c1-8(2)12(13(19)17-14(16)20)22-11(18)7-21-10-6-4-3-5-9(10)15/h3-6,8,12H,7H2,1-2H3,(H3,16,17,19,20)/t12-/m1/s1. The summed E-state index contributed by atoms with van der Waals surface area (Å²) in [6.45, 7) is 2.67. The summed E-state index contributed by atoms with van der Waals surface area (Å²) in [5, 5.41) is 1.83. The van der Waals surface area contributed by atoms with Gasteiger partial charge in [0.1, 0.15) is 0 Å². The number of para-hydroxylation sites is 1. The molecule has 0 heterocycles. The summed E-state index contributed by atoms with van der Waals surface area (Å²) >= 11 is 0. The number of imide groups is 1. The quantitative estimate of drug-likeness (QED) is 0.761. The molecule has 0 bridgehead atoms. The molecule has 1 aromatic rings. The number of ether oxygens (including phenoxy) is 2. The maximum atomic E-state index is 13.3. The number of hydrogen-bond donors (Lipinski definition) is 2. The first-order chi connectivity index (χ1) is 10.3. The van der Waals surface area contributed by atoms with E-state index in [0.29, 0.717) is 0 Å². The highest BCUT2D eigenvalue weighted by Crippen LogP contribution is 2.15. The van der Waals surface area contributed by atoms with E-state index in [2.05, 4.69) is 0 Å². The van der Waals surface area contributed by atoms with Crippen LogP contribution in [0.4, 0.5) is 9.18 Å². The molecule has 1 aromatic carbocycles. The Bertz CT molecular complexity index is 562. The van der Waals surface area contributed by atoms with E-state index in [0.717, 1.165) is 0 Å². The molecule has 0 saturated carbocycles. The SMILES string of the molecule is CC(C)[C@@H](OC(=O)COc1ccccc1F)C(=O)NC(N)=O. The van der Waals surface area contributed by atoms with Crippen LogP contribution in [0.1, 0.15) is 13.8 Å². The van der Waals surface area contributed by atoms with Gasteiger partial charge in [-0.3, -0.25) is 10.1 Å². The van der Waals surface area contributed by atoms with Gasteiger partial charge >= 0.3 is 12.0 Å². The van der Waals surface area contributed by atoms with E-state index in [4.69, 9.17) is 15.2 Å². The summed E-state index contributed by atoms with van der Waals surface area (Å²) in [6, 6.07) is 4.50. The van der Waals surface area contributed by atoms with Crippen LogP contribution in [0.15, 0.2) is 24.3 Å². The second-order valence-corrected chi connectivity index (χ2v) is 4.73. The Morgan fingerprint density at radius 2 is 1.91 bits per heavy atom. The molecule has 0 spiro atoms. The molecule has 0 aliphatic carbocycles. The maximum Gasteiger partial charge on any atom is 0.344 e. The number of primary amides is 1.